The van der Waals surface area contributed by atoms with Gasteiger partial charge >= 0.3 is 0 Å². The largest absolute Gasteiger partial charge is 0.337 e. The zero-order chi connectivity index (χ0) is 16.8. The maximum absolute atomic E-state index is 13.1. The molecular formula is C18H27Cl2N5O. The number of pyridine rings is 1. The Morgan fingerprint density at radius 1 is 1.23 bits per heavy atom. The lowest BCUT2D eigenvalue weighted by molar-refractivity contribution is 0.0747. The Morgan fingerprint density at radius 3 is 2.69 bits per heavy atom. The van der Waals surface area contributed by atoms with Crippen molar-refractivity contribution < 1.29 is 4.79 Å². The minimum atomic E-state index is 0. The number of rotatable bonds is 2. The molecule has 8 heteroatoms. The number of carbonyl (C=O) groups is 1. The third-order valence-electron chi connectivity index (χ3n) is 5.29. The van der Waals surface area contributed by atoms with Gasteiger partial charge in [0, 0.05) is 36.6 Å². The molecule has 4 rings (SSSR count). The predicted octanol–water partition coefficient (Wildman–Crippen LogP) is 3.13. The first kappa shape index (κ1) is 20.9. The summed E-state index contributed by atoms with van der Waals surface area (Å²) in [5.41, 5.74) is 2.36. The fraction of sp³-hybridized carbons (Fsp3) is 0.611. The summed E-state index contributed by atoms with van der Waals surface area (Å²) in [6, 6.07) is 3.24. The molecule has 2 aromatic heterocycles. The maximum Gasteiger partial charge on any atom is 0.255 e. The van der Waals surface area contributed by atoms with Crippen LogP contribution in [0.4, 0.5) is 0 Å². The molecule has 2 atom stereocenters. The van der Waals surface area contributed by atoms with Gasteiger partial charge < -0.3 is 10.2 Å². The van der Waals surface area contributed by atoms with Gasteiger partial charge in [-0.15, -0.1) is 24.8 Å². The third-order valence-corrected chi connectivity index (χ3v) is 5.29. The lowest BCUT2D eigenvalue weighted by Gasteiger charge is -2.25. The third kappa shape index (κ3) is 3.68. The number of hydrogen-bond donors (Lipinski definition) is 1. The molecule has 26 heavy (non-hydrogen) atoms. The Balaban J connectivity index is 0.00000121. The first-order chi connectivity index (χ1) is 11.5. The quantitative estimate of drug-likeness (QED) is 0.842. The molecule has 144 valence electrons. The van der Waals surface area contributed by atoms with E-state index in [9.17, 15) is 4.79 Å². The monoisotopic (exact) mass is 399 g/mol. The van der Waals surface area contributed by atoms with Crippen LogP contribution in [0.25, 0.3) is 11.0 Å². The zero-order valence-corrected chi connectivity index (χ0v) is 17.1. The summed E-state index contributed by atoms with van der Waals surface area (Å²) in [5, 5.41) is 8.98. The maximum atomic E-state index is 13.1. The minimum absolute atomic E-state index is 0. The second-order valence-electron chi connectivity index (χ2n) is 7.39. The Morgan fingerprint density at radius 2 is 1.96 bits per heavy atom. The molecule has 2 fully saturated rings. The van der Waals surface area contributed by atoms with Crippen LogP contribution in [0.2, 0.25) is 0 Å². The second-order valence-corrected chi connectivity index (χ2v) is 7.39. The Bertz CT molecular complexity index is 791. The number of aromatic nitrogens is 3. The van der Waals surface area contributed by atoms with Gasteiger partial charge in [0.15, 0.2) is 5.65 Å². The number of carbonyl (C=O) groups excluding carboxylic acids is 1. The molecule has 2 saturated heterocycles. The van der Waals surface area contributed by atoms with E-state index < -0.39 is 0 Å². The SMILES string of the molecule is Cc1nc2c(cnn2C(C)C)cc1C(=O)N1CCC2CCC(C1)N2.Cl.Cl. The topological polar surface area (TPSA) is 63.1 Å². The molecular weight excluding hydrogens is 373 g/mol. The highest BCUT2D eigenvalue weighted by molar-refractivity contribution is 5.98. The molecule has 4 heterocycles. The summed E-state index contributed by atoms with van der Waals surface area (Å²) < 4.78 is 1.91. The van der Waals surface area contributed by atoms with Crippen molar-refractivity contribution in [3.63, 3.8) is 0 Å². The summed E-state index contributed by atoms with van der Waals surface area (Å²) in [7, 11) is 0. The zero-order valence-electron chi connectivity index (χ0n) is 15.4. The van der Waals surface area contributed by atoms with Gasteiger partial charge in [-0.1, -0.05) is 0 Å². The van der Waals surface area contributed by atoms with Crippen LogP contribution in [0.1, 0.15) is 55.2 Å². The Kier molecular flexibility index (Phi) is 6.53. The molecule has 1 amide bonds. The van der Waals surface area contributed by atoms with Gasteiger partial charge in [-0.3, -0.25) is 4.79 Å². The fourth-order valence-corrected chi connectivity index (χ4v) is 3.96. The van der Waals surface area contributed by atoms with Gasteiger partial charge in [-0.25, -0.2) is 9.67 Å². The van der Waals surface area contributed by atoms with E-state index in [-0.39, 0.29) is 36.8 Å². The van der Waals surface area contributed by atoms with Gasteiger partial charge in [0.1, 0.15) is 0 Å². The van der Waals surface area contributed by atoms with E-state index >= 15 is 0 Å². The summed E-state index contributed by atoms with van der Waals surface area (Å²) in [4.78, 5) is 19.7. The lowest BCUT2D eigenvalue weighted by Crippen LogP contribution is -2.39. The molecule has 0 spiro atoms. The molecule has 2 bridgehead atoms. The number of aryl methyl sites for hydroxylation is 1. The molecule has 0 radical (unpaired) electrons. The number of hydrogen-bond acceptors (Lipinski definition) is 4. The van der Waals surface area contributed by atoms with Crippen molar-refractivity contribution in [3.05, 3.63) is 23.5 Å². The number of fused-ring (bicyclic) bond motifs is 3. The van der Waals surface area contributed by atoms with E-state index in [0.29, 0.717) is 17.6 Å². The molecule has 2 aliphatic rings. The summed E-state index contributed by atoms with van der Waals surface area (Å²) in [6.07, 6.45) is 5.27. The lowest BCUT2D eigenvalue weighted by atomic mass is 10.1. The highest BCUT2D eigenvalue weighted by atomic mass is 35.5. The van der Waals surface area contributed by atoms with Crippen LogP contribution in [0, 0.1) is 6.92 Å². The number of nitrogens with one attached hydrogen (secondary N) is 1. The average Bonchev–Trinajstić information content (AvgIpc) is 3.08. The number of halogens is 2. The van der Waals surface area contributed by atoms with Crippen molar-refractivity contribution in [2.24, 2.45) is 0 Å². The van der Waals surface area contributed by atoms with Crippen LogP contribution in [-0.2, 0) is 0 Å². The van der Waals surface area contributed by atoms with Gasteiger partial charge in [0.25, 0.3) is 5.91 Å². The molecule has 0 saturated carbocycles. The Hall–Kier alpha value is -1.37. The first-order valence-electron chi connectivity index (χ1n) is 8.93. The minimum Gasteiger partial charge on any atom is -0.337 e. The number of likely N-dealkylation sites (tertiary alicyclic amines) is 1. The second kappa shape index (κ2) is 8.11. The Labute approximate surface area is 166 Å². The highest BCUT2D eigenvalue weighted by Crippen LogP contribution is 2.24. The standard InChI is InChI=1S/C18H25N5O.2ClH/c1-11(2)23-17-13(9-19-23)8-16(12(3)20-17)18(24)22-7-6-14-4-5-15(10-22)21-14;;/h8-9,11,14-15,21H,4-7,10H2,1-3H3;2*1H. The van der Waals surface area contributed by atoms with E-state index in [1.165, 1.54) is 12.8 Å². The van der Waals surface area contributed by atoms with Crippen LogP contribution in [0.5, 0.6) is 0 Å². The van der Waals surface area contributed by atoms with Crippen LogP contribution >= 0.6 is 24.8 Å². The van der Waals surface area contributed by atoms with Crippen LogP contribution in [0.15, 0.2) is 12.3 Å². The van der Waals surface area contributed by atoms with Gasteiger partial charge in [-0.2, -0.15) is 5.10 Å². The molecule has 2 unspecified atom stereocenters. The van der Waals surface area contributed by atoms with E-state index in [2.05, 4.69) is 29.2 Å². The fourth-order valence-electron chi connectivity index (χ4n) is 3.96. The van der Waals surface area contributed by atoms with Crippen molar-refractivity contribution >= 4 is 41.8 Å². The smallest absolute Gasteiger partial charge is 0.255 e. The van der Waals surface area contributed by atoms with Crippen LogP contribution in [-0.4, -0.2) is 50.7 Å². The van der Waals surface area contributed by atoms with Crippen molar-refractivity contribution in [3.8, 4) is 0 Å². The van der Waals surface area contributed by atoms with Crippen LogP contribution in [0.3, 0.4) is 0 Å². The van der Waals surface area contributed by atoms with Gasteiger partial charge in [0.2, 0.25) is 0 Å². The van der Waals surface area contributed by atoms with E-state index in [1.54, 1.807) is 0 Å². The summed E-state index contributed by atoms with van der Waals surface area (Å²) >= 11 is 0. The van der Waals surface area contributed by atoms with Crippen molar-refractivity contribution in [2.45, 2.75) is 58.2 Å². The molecule has 0 aromatic carbocycles. The molecule has 0 aliphatic carbocycles. The first-order valence-corrected chi connectivity index (χ1v) is 8.93. The van der Waals surface area contributed by atoms with E-state index in [1.807, 2.05) is 28.8 Å². The molecule has 2 aromatic rings. The van der Waals surface area contributed by atoms with E-state index in [4.69, 9.17) is 0 Å². The highest BCUT2D eigenvalue weighted by Gasteiger charge is 2.32. The predicted molar refractivity (Wildman–Crippen MR) is 108 cm³/mol. The van der Waals surface area contributed by atoms with Crippen molar-refractivity contribution in [2.75, 3.05) is 13.1 Å². The molecule has 2 aliphatic heterocycles. The molecule has 6 nitrogen and oxygen atoms in total. The van der Waals surface area contributed by atoms with Gasteiger partial charge in [-0.05, 0) is 46.1 Å². The summed E-state index contributed by atoms with van der Waals surface area (Å²) in [5.74, 6) is 0.105. The average molecular weight is 400 g/mol. The van der Waals surface area contributed by atoms with Gasteiger partial charge in [0.05, 0.1) is 17.5 Å². The van der Waals surface area contributed by atoms with Crippen LogP contribution < -0.4 is 5.32 Å². The molecule has 1 N–H and O–H groups in total. The van der Waals surface area contributed by atoms with E-state index in [0.717, 1.165) is 36.2 Å². The summed E-state index contributed by atoms with van der Waals surface area (Å²) in [6.45, 7) is 7.73. The number of nitrogens with zero attached hydrogens (tertiary/aromatic N) is 4. The number of amides is 1. The normalized spacial score (nSPS) is 22.1. The van der Waals surface area contributed by atoms with Crippen molar-refractivity contribution in [1.29, 1.82) is 0 Å². The van der Waals surface area contributed by atoms with Crippen molar-refractivity contribution in [1.82, 2.24) is 25.0 Å².